The summed E-state index contributed by atoms with van der Waals surface area (Å²) in [5.74, 6) is -2.39. The average molecular weight is 249 g/mol. The molecule has 0 aliphatic rings. The fraction of sp³-hybridized carbons (Fsp3) is 0.231. The summed E-state index contributed by atoms with van der Waals surface area (Å²) >= 11 is 0. The Balaban J connectivity index is 2.63. The molecule has 3 N–H and O–H groups in total. The lowest BCUT2D eigenvalue weighted by molar-refractivity contribution is -0.136. The lowest BCUT2D eigenvalue weighted by atomic mass is 10.1. The second-order valence-electron chi connectivity index (χ2n) is 3.76. The largest absolute Gasteiger partial charge is 0.478 e. The number of carboxylic acid groups (broad SMARTS) is 2. The number of anilines is 1. The Morgan fingerprint density at radius 1 is 1.11 bits per heavy atom. The van der Waals surface area contributed by atoms with Gasteiger partial charge in [0.15, 0.2) is 0 Å². The first-order valence-corrected chi connectivity index (χ1v) is 5.47. The van der Waals surface area contributed by atoms with Gasteiger partial charge in [-0.05, 0) is 25.5 Å². The highest BCUT2D eigenvalue weighted by atomic mass is 16.4. The number of para-hydroxylation sites is 1. The molecule has 1 rings (SSSR count). The van der Waals surface area contributed by atoms with E-state index in [9.17, 15) is 9.59 Å². The summed E-state index contributed by atoms with van der Waals surface area (Å²) in [6, 6.07) is 9.31. The number of hydrogen-bond acceptors (Lipinski definition) is 3. The number of hydrogen-bond donors (Lipinski definition) is 3. The molecule has 5 nitrogen and oxygen atoms in total. The quantitative estimate of drug-likeness (QED) is 0.671. The molecule has 0 fully saturated rings. The molecule has 1 aromatic carbocycles. The lowest BCUT2D eigenvalue weighted by Gasteiger charge is -2.08. The molecule has 0 saturated heterocycles. The Labute approximate surface area is 105 Å². The molecule has 0 unspecified atom stereocenters. The topological polar surface area (TPSA) is 86.6 Å². The van der Waals surface area contributed by atoms with Gasteiger partial charge in [0.25, 0.3) is 0 Å². The molecule has 0 amide bonds. The molecule has 1 aromatic rings. The molecule has 18 heavy (non-hydrogen) atoms. The molecule has 0 spiro atoms. The van der Waals surface area contributed by atoms with E-state index in [2.05, 4.69) is 5.32 Å². The second-order valence-corrected chi connectivity index (χ2v) is 3.76. The normalized spacial score (nSPS) is 11.6. The number of aliphatic carboxylic acids is 2. The van der Waals surface area contributed by atoms with Gasteiger partial charge in [0.1, 0.15) is 0 Å². The molecule has 0 aliphatic heterocycles. The zero-order valence-corrected chi connectivity index (χ0v) is 10.0. The van der Waals surface area contributed by atoms with Crippen LogP contribution in [0.5, 0.6) is 0 Å². The van der Waals surface area contributed by atoms with Gasteiger partial charge in [0.05, 0.1) is 0 Å². The van der Waals surface area contributed by atoms with Crippen LogP contribution >= 0.6 is 0 Å². The maximum absolute atomic E-state index is 10.9. The van der Waals surface area contributed by atoms with Crippen molar-refractivity contribution < 1.29 is 19.8 Å². The van der Waals surface area contributed by atoms with Crippen LogP contribution in [0.25, 0.3) is 0 Å². The molecule has 0 radical (unpaired) electrons. The third kappa shape index (κ3) is 3.93. The van der Waals surface area contributed by atoms with Gasteiger partial charge in [-0.2, -0.15) is 0 Å². The standard InChI is InChI=1S/C13H15NO4/c1-9(12(15)16)11(13(17)18)7-8-14-10-5-3-2-4-6-10/h2-6,14H,7-8H2,1H3,(H,15,16)(H,17,18)/b11-9+. The van der Waals surface area contributed by atoms with Gasteiger partial charge in [-0.15, -0.1) is 0 Å². The predicted molar refractivity (Wildman–Crippen MR) is 67.5 cm³/mol. The zero-order valence-electron chi connectivity index (χ0n) is 10.0. The van der Waals surface area contributed by atoms with E-state index in [4.69, 9.17) is 10.2 Å². The number of nitrogens with one attached hydrogen (secondary N) is 1. The van der Waals surface area contributed by atoms with Crippen LogP contribution in [-0.4, -0.2) is 28.7 Å². The fourth-order valence-electron chi connectivity index (χ4n) is 1.47. The van der Waals surface area contributed by atoms with E-state index in [0.29, 0.717) is 6.54 Å². The Morgan fingerprint density at radius 3 is 2.22 bits per heavy atom. The summed E-state index contributed by atoms with van der Waals surface area (Å²) in [5.41, 5.74) is 0.665. The highest BCUT2D eigenvalue weighted by molar-refractivity contribution is 5.98. The molecular formula is C13H15NO4. The zero-order chi connectivity index (χ0) is 13.5. The lowest BCUT2D eigenvalue weighted by Crippen LogP contribution is -2.13. The van der Waals surface area contributed by atoms with Crippen molar-refractivity contribution in [2.24, 2.45) is 0 Å². The highest BCUT2D eigenvalue weighted by Gasteiger charge is 2.15. The number of benzene rings is 1. The molecule has 0 bridgehead atoms. The van der Waals surface area contributed by atoms with Gasteiger partial charge >= 0.3 is 11.9 Å². The maximum atomic E-state index is 10.9. The van der Waals surface area contributed by atoms with E-state index in [1.165, 1.54) is 6.92 Å². The van der Waals surface area contributed by atoms with Crippen molar-refractivity contribution in [2.45, 2.75) is 13.3 Å². The molecule has 0 heterocycles. The van der Waals surface area contributed by atoms with Crippen molar-refractivity contribution in [3.63, 3.8) is 0 Å². The van der Waals surface area contributed by atoms with Gasteiger partial charge in [-0.1, -0.05) is 18.2 Å². The first-order chi connectivity index (χ1) is 8.52. The smallest absolute Gasteiger partial charge is 0.332 e. The molecule has 5 heteroatoms. The number of carbonyl (C=O) groups is 2. The van der Waals surface area contributed by atoms with E-state index in [1.807, 2.05) is 30.3 Å². The SMILES string of the molecule is C/C(C(=O)O)=C(/CCNc1ccccc1)C(=O)O. The number of rotatable bonds is 6. The van der Waals surface area contributed by atoms with Crippen LogP contribution in [0.15, 0.2) is 41.5 Å². The Bertz CT molecular complexity index is 465. The van der Waals surface area contributed by atoms with E-state index >= 15 is 0 Å². The van der Waals surface area contributed by atoms with Crippen molar-refractivity contribution in [2.75, 3.05) is 11.9 Å². The summed E-state index contributed by atoms with van der Waals surface area (Å²) in [7, 11) is 0. The summed E-state index contributed by atoms with van der Waals surface area (Å²) < 4.78 is 0. The highest BCUT2D eigenvalue weighted by Crippen LogP contribution is 2.11. The third-order valence-corrected chi connectivity index (χ3v) is 2.51. The summed E-state index contributed by atoms with van der Waals surface area (Å²) in [6.45, 7) is 1.67. The first-order valence-electron chi connectivity index (χ1n) is 5.47. The molecule has 0 atom stereocenters. The number of carboxylic acids is 2. The van der Waals surface area contributed by atoms with Crippen LogP contribution in [0.4, 0.5) is 5.69 Å². The van der Waals surface area contributed by atoms with Gasteiger partial charge in [-0.3, -0.25) is 0 Å². The van der Waals surface area contributed by atoms with E-state index in [1.54, 1.807) is 0 Å². The summed E-state index contributed by atoms with van der Waals surface area (Å²) in [5, 5.41) is 20.8. The van der Waals surface area contributed by atoms with Crippen LogP contribution < -0.4 is 5.32 Å². The second kappa shape index (κ2) is 6.44. The van der Waals surface area contributed by atoms with Crippen molar-refractivity contribution >= 4 is 17.6 Å². The fourth-order valence-corrected chi connectivity index (χ4v) is 1.47. The van der Waals surface area contributed by atoms with Crippen molar-refractivity contribution in [3.8, 4) is 0 Å². The van der Waals surface area contributed by atoms with Crippen molar-refractivity contribution in [3.05, 3.63) is 41.5 Å². The van der Waals surface area contributed by atoms with Crippen LogP contribution in [0, 0.1) is 0 Å². The van der Waals surface area contributed by atoms with E-state index in [-0.39, 0.29) is 17.6 Å². The predicted octanol–water partition coefficient (Wildman–Crippen LogP) is 1.97. The van der Waals surface area contributed by atoms with Crippen LogP contribution in [0.1, 0.15) is 13.3 Å². The Morgan fingerprint density at radius 2 is 1.72 bits per heavy atom. The van der Waals surface area contributed by atoms with Gasteiger partial charge in [-0.25, -0.2) is 9.59 Å². The minimum Gasteiger partial charge on any atom is -0.478 e. The summed E-state index contributed by atoms with van der Waals surface area (Å²) in [6.07, 6.45) is 0.155. The van der Waals surface area contributed by atoms with Crippen molar-refractivity contribution in [1.29, 1.82) is 0 Å². The molecule has 0 saturated carbocycles. The molecule has 0 aliphatic carbocycles. The molecule has 0 aromatic heterocycles. The van der Waals surface area contributed by atoms with Crippen LogP contribution in [-0.2, 0) is 9.59 Å². The average Bonchev–Trinajstić information content (AvgIpc) is 2.34. The first kappa shape index (κ1) is 13.8. The van der Waals surface area contributed by atoms with Crippen molar-refractivity contribution in [1.82, 2.24) is 0 Å². The minimum atomic E-state index is -1.20. The Hall–Kier alpha value is -2.30. The van der Waals surface area contributed by atoms with Gasteiger partial charge in [0.2, 0.25) is 0 Å². The molecular weight excluding hydrogens is 234 g/mol. The minimum absolute atomic E-state index is 0.0778. The monoisotopic (exact) mass is 249 g/mol. The van der Waals surface area contributed by atoms with Gasteiger partial charge < -0.3 is 15.5 Å². The summed E-state index contributed by atoms with van der Waals surface area (Å²) in [4.78, 5) is 21.7. The van der Waals surface area contributed by atoms with Gasteiger partial charge in [0, 0.05) is 23.4 Å². The van der Waals surface area contributed by atoms with Crippen LogP contribution in [0.3, 0.4) is 0 Å². The van der Waals surface area contributed by atoms with E-state index in [0.717, 1.165) is 5.69 Å². The third-order valence-electron chi connectivity index (χ3n) is 2.51. The van der Waals surface area contributed by atoms with E-state index < -0.39 is 11.9 Å². The van der Waals surface area contributed by atoms with Crippen LogP contribution in [0.2, 0.25) is 0 Å². The molecule has 96 valence electrons. The maximum Gasteiger partial charge on any atom is 0.332 e. The Kier molecular flexibility index (Phi) is 4.92.